The van der Waals surface area contributed by atoms with Crippen LogP contribution in [0, 0.1) is 10.1 Å². The van der Waals surface area contributed by atoms with Crippen LogP contribution in [0.15, 0.2) is 0 Å². The van der Waals surface area contributed by atoms with Crippen molar-refractivity contribution in [2.24, 2.45) is 0 Å². The zero-order valence-electron chi connectivity index (χ0n) is 7.83. The second-order valence-corrected chi connectivity index (χ2v) is 2.95. The molecule has 0 bridgehead atoms. The lowest BCUT2D eigenvalue weighted by atomic mass is 10.2. The van der Waals surface area contributed by atoms with Gasteiger partial charge in [-0.2, -0.15) is 0 Å². The van der Waals surface area contributed by atoms with Crippen molar-refractivity contribution < 1.29 is 15.1 Å². The summed E-state index contributed by atoms with van der Waals surface area (Å²) in [6.45, 7) is 8.89. The Kier molecular flexibility index (Phi) is 7.77. The normalized spacial score (nSPS) is 10.0. The molecule has 6 nitrogen and oxygen atoms in total. The molecule has 0 aromatic heterocycles. The second kappa shape index (κ2) is 6.81. The summed E-state index contributed by atoms with van der Waals surface area (Å²) in [5.74, 6) is 0. The summed E-state index contributed by atoms with van der Waals surface area (Å²) < 4.78 is 0. The van der Waals surface area contributed by atoms with Crippen molar-refractivity contribution in [3.63, 3.8) is 0 Å². The molecule has 0 aliphatic rings. The van der Waals surface area contributed by atoms with E-state index in [1.54, 1.807) is 0 Å². The number of hydrogen-bond donors (Lipinski definition) is 2. The molecular formula is C6H16N2O4. The van der Waals surface area contributed by atoms with Crippen molar-refractivity contribution in [2.45, 2.75) is 33.3 Å². The van der Waals surface area contributed by atoms with E-state index in [-0.39, 0.29) is 5.60 Å². The molecule has 0 unspecified atom stereocenters. The molecule has 0 atom stereocenters. The number of hydrogen-bond acceptors (Lipinski definition) is 4. The first kappa shape index (κ1) is 13.7. The van der Waals surface area contributed by atoms with Crippen LogP contribution in [0.5, 0.6) is 0 Å². The van der Waals surface area contributed by atoms with E-state index in [0.29, 0.717) is 0 Å². The van der Waals surface area contributed by atoms with Crippen LogP contribution in [0.1, 0.15) is 27.7 Å². The average Bonchev–Trinajstić information content (AvgIpc) is 1.80. The summed E-state index contributed by atoms with van der Waals surface area (Å²) in [6.07, 6.45) is 0. The third-order valence-corrected chi connectivity index (χ3v) is 0.523. The zero-order chi connectivity index (χ0) is 10.2. The lowest BCUT2D eigenvalue weighted by Crippen LogP contribution is -2.28. The summed E-state index contributed by atoms with van der Waals surface area (Å²) in [5, 5.41) is 13.6. The molecule has 0 radical (unpaired) electrons. The first-order valence-corrected chi connectivity index (χ1v) is 3.53. The Morgan fingerprint density at radius 1 is 1.58 bits per heavy atom. The van der Waals surface area contributed by atoms with Crippen molar-refractivity contribution in [3.8, 4) is 0 Å². The number of nitrogens with zero attached hydrogens (tertiary/aromatic N) is 1. The summed E-state index contributed by atoms with van der Waals surface area (Å²) in [6, 6.07) is 0. The molecule has 0 aromatic carbocycles. The van der Waals surface area contributed by atoms with Crippen molar-refractivity contribution in [2.75, 3.05) is 6.54 Å². The van der Waals surface area contributed by atoms with Gasteiger partial charge in [0.25, 0.3) is 5.09 Å². The van der Waals surface area contributed by atoms with Crippen LogP contribution in [0.25, 0.3) is 0 Å². The van der Waals surface area contributed by atoms with E-state index in [9.17, 15) is 0 Å². The Hall–Kier alpha value is -0.880. The molecule has 74 valence electrons. The van der Waals surface area contributed by atoms with E-state index >= 15 is 0 Å². The Bertz CT molecular complexity index is 117. The highest BCUT2D eigenvalue weighted by atomic mass is 16.9. The molecule has 12 heavy (non-hydrogen) atoms. The average molecular weight is 180 g/mol. The molecule has 0 rings (SSSR count). The van der Waals surface area contributed by atoms with Gasteiger partial charge in [0.05, 0.1) is 5.60 Å². The Balaban J connectivity index is 0. The molecule has 0 aromatic rings. The molecule has 2 N–H and O–H groups in total. The Labute approximate surface area is 71.6 Å². The standard InChI is InChI=1S/C6H15NO.HNO3/c1-5-7-8-6(2,3)4;2-1(3)4/h7H,5H2,1-4H3;(H,2,3,4). The van der Waals surface area contributed by atoms with E-state index in [4.69, 9.17) is 20.2 Å². The van der Waals surface area contributed by atoms with E-state index in [1.165, 1.54) is 0 Å². The number of rotatable bonds is 2. The van der Waals surface area contributed by atoms with Gasteiger partial charge in [-0.05, 0) is 20.8 Å². The third-order valence-electron chi connectivity index (χ3n) is 0.523. The quantitative estimate of drug-likeness (QED) is 0.488. The van der Waals surface area contributed by atoms with Gasteiger partial charge in [-0.15, -0.1) is 10.1 Å². The Morgan fingerprint density at radius 2 is 1.92 bits per heavy atom. The maximum absolute atomic E-state index is 8.36. The smallest absolute Gasteiger partial charge is 0.291 e. The SMILES string of the molecule is CCNOC(C)(C)C.O=[N+]([O-])O. The highest BCUT2D eigenvalue weighted by Gasteiger charge is 2.08. The van der Waals surface area contributed by atoms with Crippen molar-refractivity contribution in [1.82, 2.24) is 5.48 Å². The largest absolute Gasteiger partial charge is 0.328 e. The van der Waals surface area contributed by atoms with E-state index in [2.05, 4.69) is 5.48 Å². The fourth-order valence-electron chi connectivity index (χ4n) is 0.289. The predicted molar refractivity (Wildman–Crippen MR) is 43.3 cm³/mol. The van der Waals surface area contributed by atoms with E-state index in [0.717, 1.165) is 6.54 Å². The van der Waals surface area contributed by atoms with Crippen molar-refractivity contribution in [1.29, 1.82) is 0 Å². The summed E-state index contributed by atoms with van der Waals surface area (Å²) in [4.78, 5) is 13.5. The lowest BCUT2D eigenvalue weighted by Gasteiger charge is -2.18. The van der Waals surface area contributed by atoms with Gasteiger partial charge < -0.3 is 5.21 Å². The third kappa shape index (κ3) is 35.4. The van der Waals surface area contributed by atoms with Gasteiger partial charge >= 0.3 is 0 Å². The second-order valence-electron chi connectivity index (χ2n) is 2.95. The van der Waals surface area contributed by atoms with E-state index in [1.807, 2.05) is 27.7 Å². The lowest BCUT2D eigenvalue weighted by molar-refractivity contribution is -0.742. The first-order chi connectivity index (χ1) is 5.29. The maximum atomic E-state index is 8.36. The van der Waals surface area contributed by atoms with Crippen LogP contribution < -0.4 is 5.48 Å². The topological polar surface area (TPSA) is 84.6 Å². The molecule has 0 saturated carbocycles. The minimum atomic E-state index is -1.50. The van der Waals surface area contributed by atoms with Crippen LogP contribution in [0.2, 0.25) is 0 Å². The van der Waals surface area contributed by atoms with Crippen molar-refractivity contribution in [3.05, 3.63) is 10.1 Å². The maximum Gasteiger partial charge on any atom is 0.291 e. The molecule has 0 heterocycles. The first-order valence-electron chi connectivity index (χ1n) is 3.53. The molecule has 0 saturated heterocycles. The van der Waals surface area contributed by atoms with Gasteiger partial charge in [0.2, 0.25) is 0 Å². The molecule has 0 spiro atoms. The number of nitrogens with one attached hydrogen (secondary N) is 1. The summed E-state index contributed by atoms with van der Waals surface area (Å²) in [7, 11) is 0. The molecule has 0 aliphatic heterocycles. The van der Waals surface area contributed by atoms with Gasteiger partial charge in [0.15, 0.2) is 0 Å². The summed E-state index contributed by atoms with van der Waals surface area (Å²) >= 11 is 0. The minimum Gasteiger partial charge on any atom is -0.328 e. The molecule has 0 amide bonds. The molecule has 0 fully saturated rings. The van der Waals surface area contributed by atoms with Gasteiger partial charge in [0.1, 0.15) is 0 Å². The summed E-state index contributed by atoms with van der Waals surface area (Å²) in [5.41, 5.74) is 2.73. The minimum absolute atomic E-state index is 0.0595. The van der Waals surface area contributed by atoms with Crippen LogP contribution >= 0.6 is 0 Å². The fraction of sp³-hybridized carbons (Fsp3) is 1.00. The zero-order valence-corrected chi connectivity index (χ0v) is 7.83. The van der Waals surface area contributed by atoms with Gasteiger partial charge in [-0.1, -0.05) is 6.92 Å². The monoisotopic (exact) mass is 180 g/mol. The highest BCUT2D eigenvalue weighted by Crippen LogP contribution is 2.02. The molecular weight excluding hydrogens is 164 g/mol. The number of hydroxylamine groups is 1. The van der Waals surface area contributed by atoms with Crippen LogP contribution in [-0.4, -0.2) is 22.4 Å². The van der Waals surface area contributed by atoms with Crippen LogP contribution in [-0.2, 0) is 4.84 Å². The predicted octanol–water partition coefficient (Wildman–Crippen LogP) is 0.978. The van der Waals surface area contributed by atoms with Gasteiger partial charge in [0, 0.05) is 6.54 Å². The van der Waals surface area contributed by atoms with Gasteiger partial charge in [-0.3, -0.25) is 4.84 Å². The van der Waals surface area contributed by atoms with Crippen LogP contribution in [0.3, 0.4) is 0 Å². The van der Waals surface area contributed by atoms with Crippen LogP contribution in [0.4, 0.5) is 0 Å². The van der Waals surface area contributed by atoms with Gasteiger partial charge in [-0.25, -0.2) is 5.48 Å². The molecule has 6 heteroatoms. The Morgan fingerprint density at radius 3 is 2.00 bits per heavy atom. The highest BCUT2D eigenvalue weighted by molar-refractivity contribution is 4.55. The van der Waals surface area contributed by atoms with E-state index < -0.39 is 5.09 Å². The van der Waals surface area contributed by atoms with Crippen molar-refractivity contribution >= 4 is 0 Å². The molecule has 0 aliphatic carbocycles. The fourth-order valence-corrected chi connectivity index (χ4v) is 0.289.